The number of benzene rings is 2. The van der Waals surface area contributed by atoms with Gasteiger partial charge >= 0.3 is 0 Å². The van der Waals surface area contributed by atoms with Crippen LogP contribution in [0.4, 0.5) is 0 Å². The fraction of sp³-hybridized carbons (Fsp3) is 0.200. The van der Waals surface area contributed by atoms with Crippen LogP contribution < -0.4 is 4.74 Å². The molecule has 0 unspecified atom stereocenters. The van der Waals surface area contributed by atoms with Crippen molar-refractivity contribution in [2.75, 3.05) is 6.61 Å². The largest absolute Gasteiger partial charge is 0.492 e. The van der Waals surface area contributed by atoms with Gasteiger partial charge in [-0.15, -0.1) is 0 Å². The summed E-state index contributed by atoms with van der Waals surface area (Å²) in [5.41, 5.74) is 4.33. The maximum absolute atomic E-state index is 9.55. The SMILES string of the molecule is CCCOc1ccc(/C=C(/C#N)c2nc3ccc(C)cc3[nH]2)cc1Br. The Bertz CT molecular complexity index is 982. The number of hydrogen-bond acceptors (Lipinski definition) is 3. The topological polar surface area (TPSA) is 61.7 Å². The van der Waals surface area contributed by atoms with E-state index in [0.717, 1.165) is 38.8 Å². The van der Waals surface area contributed by atoms with Crippen LogP contribution in [-0.2, 0) is 0 Å². The maximum atomic E-state index is 9.55. The zero-order valence-electron chi connectivity index (χ0n) is 14.1. The predicted octanol–water partition coefficient (Wildman–Crippen LogP) is 5.49. The standard InChI is InChI=1S/C20H18BrN3O/c1-3-8-25-19-7-5-14(11-16(19)21)10-15(12-22)20-23-17-6-4-13(2)9-18(17)24-20/h4-7,9-11H,3,8H2,1-2H3,(H,23,24)/b15-10-. The third-order valence-electron chi connectivity index (χ3n) is 3.74. The second-order valence-corrected chi connectivity index (χ2v) is 6.67. The van der Waals surface area contributed by atoms with E-state index < -0.39 is 0 Å². The smallest absolute Gasteiger partial charge is 0.149 e. The van der Waals surface area contributed by atoms with Crippen LogP contribution in [0.25, 0.3) is 22.7 Å². The van der Waals surface area contributed by atoms with Gasteiger partial charge < -0.3 is 9.72 Å². The molecule has 0 saturated heterocycles. The van der Waals surface area contributed by atoms with Crippen LogP contribution >= 0.6 is 15.9 Å². The molecule has 0 atom stereocenters. The van der Waals surface area contributed by atoms with Crippen molar-refractivity contribution in [3.63, 3.8) is 0 Å². The number of allylic oxidation sites excluding steroid dienone is 1. The fourth-order valence-corrected chi connectivity index (χ4v) is 3.02. The number of rotatable bonds is 5. The van der Waals surface area contributed by atoms with Gasteiger partial charge in [0, 0.05) is 0 Å². The number of ether oxygens (including phenoxy) is 1. The number of nitriles is 1. The molecule has 0 amide bonds. The van der Waals surface area contributed by atoms with Crippen molar-refractivity contribution in [2.24, 2.45) is 0 Å². The molecule has 0 saturated carbocycles. The van der Waals surface area contributed by atoms with E-state index in [9.17, 15) is 5.26 Å². The maximum Gasteiger partial charge on any atom is 0.149 e. The highest BCUT2D eigenvalue weighted by atomic mass is 79.9. The van der Waals surface area contributed by atoms with Gasteiger partial charge in [-0.05, 0) is 70.7 Å². The van der Waals surface area contributed by atoms with E-state index in [1.807, 2.05) is 49.4 Å². The van der Waals surface area contributed by atoms with Crippen molar-refractivity contribution >= 4 is 38.6 Å². The van der Waals surface area contributed by atoms with Crippen molar-refractivity contribution < 1.29 is 4.74 Å². The first-order valence-corrected chi connectivity index (χ1v) is 8.91. The minimum atomic E-state index is 0.489. The van der Waals surface area contributed by atoms with Gasteiger partial charge in [0.15, 0.2) is 0 Å². The van der Waals surface area contributed by atoms with Crippen LogP contribution in [0.15, 0.2) is 40.9 Å². The Kier molecular flexibility index (Phi) is 5.20. The molecular weight excluding hydrogens is 378 g/mol. The Morgan fingerprint density at radius 3 is 2.88 bits per heavy atom. The summed E-state index contributed by atoms with van der Waals surface area (Å²) in [7, 11) is 0. The van der Waals surface area contributed by atoms with Crippen molar-refractivity contribution in [1.29, 1.82) is 5.26 Å². The lowest BCUT2D eigenvalue weighted by atomic mass is 10.1. The van der Waals surface area contributed by atoms with Gasteiger partial charge in [-0.1, -0.05) is 19.1 Å². The molecule has 0 bridgehead atoms. The fourth-order valence-electron chi connectivity index (χ4n) is 2.51. The summed E-state index contributed by atoms with van der Waals surface area (Å²) in [4.78, 5) is 7.74. The highest BCUT2D eigenvalue weighted by Gasteiger charge is 2.09. The zero-order chi connectivity index (χ0) is 17.8. The molecule has 126 valence electrons. The van der Waals surface area contributed by atoms with E-state index in [2.05, 4.69) is 38.9 Å². The van der Waals surface area contributed by atoms with Gasteiger partial charge in [0.25, 0.3) is 0 Å². The molecule has 0 aliphatic carbocycles. The van der Waals surface area contributed by atoms with Gasteiger partial charge in [0.2, 0.25) is 0 Å². The summed E-state index contributed by atoms with van der Waals surface area (Å²) in [5.74, 6) is 1.38. The second kappa shape index (κ2) is 7.54. The number of H-pyrrole nitrogens is 1. The van der Waals surface area contributed by atoms with Gasteiger partial charge in [-0.3, -0.25) is 0 Å². The molecule has 0 spiro atoms. The molecule has 1 heterocycles. The summed E-state index contributed by atoms with van der Waals surface area (Å²) in [6.07, 6.45) is 2.77. The first-order valence-electron chi connectivity index (χ1n) is 8.11. The molecule has 25 heavy (non-hydrogen) atoms. The molecular formula is C20H18BrN3O. The normalized spacial score (nSPS) is 11.5. The number of aromatic amines is 1. The number of hydrogen-bond donors (Lipinski definition) is 1. The molecule has 3 aromatic rings. The Morgan fingerprint density at radius 2 is 2.16 bits per heavy atom. The molecule has 0 radical (unpaired) electrons. The Morgan fingerprint density at radius 1 is 1.32 bits per heavy atom. The Balaban J connectivity index is 1.94. The van der Waals surface area contributed by atoms with Crippen molar-refractivity contribution in [1.82, 2.24) is 9.97 Å². The number of nitrogens with one attached hydrogen (secondary N) is 1. The average molecular weight is 396 g/mol. The molecule has 0 aliphatic rings. The van der Waals surface area contributed by atoms with Gasteiger partial charge in [-0.25, -0.2) is 4.98 Å². The molecule has 1 aromatic heterocycles. The molecule has 3 rings (SSSR count). The van der Waals surface area contributed by atoms with E-state index in [1.165, 1.54) is 0 Å². The first-order chi connectivity index (χ1) is 12.1. The van der Waals surface area contributed by atoms with Crippen LogP contribution in [-0.4, -0.2) is 16.6 Å². The Labute approximate surface area is 155 Å². The predicted molar refractivity (Wildman–Crippen MR) is 104 cm³/mol. The van der Waals surface area contributed by atoms with E-state index in [-0.39, 0.29) is 0 Å². The van der Waals surface area contributed by atoms with Crippen molar-refractivity contribution in [2.45, 2.75) is 20.3 Å². The average Bonchev–Trinajstić information content (AvgIpc) is 3.01. The molecule has 2 aromatic carbocycles. The molecule has 4 nitrogen and oxygen atoms in total. The number of fused-ring (bicyclic) bond motifs is 1. The molecule has 0 fully saturated rings. The number of imidazole rings is 1. The lowest BCUT2D eigenvalue weighted by molar-refractivity contribution is 0.315. The summed E-state index contributed by atoms with van der Waals surface area (Å²) < 4.78 is 6.52. The summed E-state index contributed by atoms with van der Waals surface area (Å²) >= 11 is 3.52. The van der Waals surface area contributed by atoms with E-state index in [4.69, 9.17) is 4.74 Å². The quantitative estimate of drug-likeness (QED) is 0.581. The van der Waals surface area contributed by atoms with E-state index in [0.29, 0.717) is 18.0 Å². The van der Waals surface area contributed by atoms with Crippen LogP contribution in [0.3, 0.4) is 0 Å². The van der Waals surface area contributed by atoms with Crippen LogP contribution in [0.1, 0.15) is 30.3 Å². The second-order valence-electron chi connectivity index (χ2n) is 5.81. The molecule has 5 heteroatoms. The van der Waals surface area contributed by atoms with Crippen molar-refractivity contribution in [3.8, 4) is 11.8 Å². The number of aromatic nitrogens is 2. The van der Waals surface area contributed by atoms with Crippen LogP contribution in [0, 0.1) is 18.3 Å². The number of nitrogens with zero attached hydrogens (tertiary/aromatic N) is 2. The zero-order valence-corrected chi connectivity index (χ0v) is 15.7. The van der Waals surface area contributed by atoms with E-state index in [1.54, 1.807) is 0 Å². The van der Waals surface area contributed by atoms with Crippen LogP contribution in [0.2, 0.25) is 0 Å². The van der Waals surface area contributed by atoms with Gasteiger partial charge in [0.05, 0.1) is 27.7 Å². The minimum Gasteiger partial charge on any atom is -0.492 e. The van der Waals surface area contributed by atoms with Gasteiger partial charge in [-0.2, -0.15) is 5.26 Å². The minimum absolute atomic E-state index is 0.489. The van der Waals surface area contributed by atoms with Crippen LogP contribution in [0.5, 0.6) is 5.75 Å². The number of aryl methyl sites for hydroxylation is 1. The first kappa shape index (κ1) is 17.2. The lowest BCUT2D eigenvalue weighted by Gasteiger charge is -2.07. The monoisotopic (exact) mass is 395 g/mol. The molecule has 1 N–H and O–H groups in total. The highest BCUT2D eigenvalue weighted by molar-refractivity contribution is 9.10. The highest BCUT2D eigenvalue weighted by Crippen LogP contribution is 2.28. The number of halogens is 1. The third-order valence-corrected chi connectivity index (χ3v) is 4.36. The summed E-state index contributed by atoms with van der Waals surface area (Å²) in [6, 6.07) is 14.0. The van der Waals surface area contributed by atoms with Crippen molar-refractivity contribution in [3.05, 3.63) is 57.8 Å². The summed E-state index contributed by atoms with van der Waals surface area (Å²) in [6.45, 7) is 4.77. The lowest BCUT2D eigenvalue weighted by Crippen LogP contribution is -1.95. The Hall–Kier alpha value is -2.58. The third kappa shape index (κ3) is 3.92. The summed E-state index contributed by atoms with van der Waals surface area (Å²) in [5, 5.41) is 9.55. The molecule has 0 aliphatic heterocycles. The van der Waals surface area contributed by atoms with E-state index >= 15 is 0 Å². The van der Waals surface area contributed by atoms with Gasteiger partial charge in [0.1, 0.15) is 17.6 Å².